The molecule has 0 fully saturated rings. The molecule has 0 aliphatic heterocycles. The van der Waals surface area contributed by atoms with Crippen molar-refractivity contribution >= 4 is 23.5 Å². The minimum Gasteiger partial charge on any atom is -0.313 e. The lowest BCUT2D eigenvalue weighted by Crippen LogP contribution is -2.13. The largest absolute Gasteiger partial charge is 0.313 e. The van der Waals surface area contributed by atoms with E-state index in [1.807, 2.05) is 23.5 Å². The molecule has 0 aromatic heterocycles. The quantitative estimate of drug-likeness (QED) is 0.537. The van der Waals surface area contributed by atoms with Crippen molar-refractivity contribution in [3.63, 3.8) is 0 Å². The van der Waals surface area contributed by atoms with Crippen LogP contribution in [0.25, 0.3) is 0 Å². The third-order valence-corrected chi connectivity index (χ3v) is 4.51. The summed E-state index contributed by atoms with van der Waals surface area (Å²) >= 11 is 3.98. The van der Waals surface area contributed by atoms with Gasteiger partial charge in [-0.25, -0.2) is 0 Å². The lowest BCUT2D eigenvalue weighted by Gasteiger charge is -2.06. The monoisotopic (exact) mass is 269 g/mol. The Morgan fingerprint density at radius 1 is 1.18 bits per heavy atom. The molecule has 0 saturated heterocycles. The van der Waals surface area contributed by atoms with Crippen LogP contribution in [0.4, 0.5) is 0 Å². The zero-order chi connectivity index (χ0) is 12.3. The fraction of sp³-hybridized carbons (Fsp3) is 0.571. The number of hydrogen-bond acceptors (Lipinski definition) is 3. The maximum Gasteiger partial charge on any atom is 0.0205 e. The van der Waals surface area contributed by atoms with Crippen LogP contribution in [0.3, 0.4) is 0 Å². The second-order valence-corrected chi connectivity index (χ2v) is 6.43. The molecule has 1 nitrogen and oxygen atoms in total. The van der Waals surface area contributed by atoms with Gasteiger partial charge in [-0.1, -0.05) is 26.0 Å². The molecule has 3 heteroatoms. The summed E-state index contributed by atoms with van der Waals surface area (Å²) in [7, 11) is 0. The molecule has 0 unspecified atom stereocenters. The Balaban J connectivity index is 2.31. The fourth-order valence-electron chi connectivity index (χ4n) is 1.52. The number of nitrogens with one attached hydrogen (secondary N) is 1. The summed E-state index contributed by atoms with van der Waals surface area (Å²) in [5.41, 5.74) is 1.39. The fourth-order valence-corrected chi connectivity index (χ4v) is 3.26. The van der Waals surface area contributed by atoms with Gasteiger partial charge < -0.3 is 5.32 Å². The number of hydrogen-bond donors (Lipinski definition) is 1. The Kier molecular flexibility index (Phi) is 8.67. The highest BCUT2D eigenvalue weighted by Gasteiger charge is 1.97. The summed E-state index contributed by atoms with van der Waals surface area (Å²) in [4.78, 5) is 1.40. The molecule has 0 spiro atoms. The third-order valence-electron chi connectivity index (χ3n) is 2.35. The highest BCUT2D eigenvalue weighted by atomic mass is 32.2. The van der Waals surface area contributed by atoms with Gasteiger partial charge in [-0.2, -0.15) is 11.8 Å². The van der Waals surface area contributed by atoms with E-state index in [4.69, 9.17) is 0 Å². The second-order valence-electron chi connectivity index (χ2n) is 3.87. The maximum atomic E-state index is 3.44. The van der Waals surface area contributed by atoms with Crippen LogP contribution in [0.2, 0.25) is 0 Å². The first kappa shape index (κ1) is 14.9. The van der Waals surface area contributed by atoms with E-state index in [1.54, 1.807) is 0 Å². The summed E-state index contributed by atoms with van der Waals surface area (Å²) < 4.78 is 0. The molecule has 1 aromatic rings. The summed E-state index contributed by atoms with van der Waals surface area (Å²) in [5, 5.41) is 3.44. The van der Waals surface area contributed by atoms with Crippen molar-refractivity contribution < 1.29 is 0 Å². The van der Waals surface area contributed by atoms with Crippen molar-refractivity contribution in [1.82, 2.24) is 5.32 Å². The van der Waals surface area contributed by atoms with Crippen molar-refractivity contribution in [1.29, 1.82) is 0 Å². The highest BCUT2D eigenvalue weighted by Crippen LogP contribution is 2.20. The first-order valence-electron chi connectivity index (χ1n) is 6.37. The first-order valence-corrected chi connectivity index (χ1v) is 8.51. The van der Waals surface area contributed by atoms with Crippen LogP contribution < -0.4 is 5.32 Å². The predicted octanol–water partition coefficient (Wildman–Crippen LogP) is 4.03. The summed E-state index contributed by atoms with van der Waals surface area (Å²) in [6.45, 7) is 6.51. The van der Waals surface area contributed by atoms with E-state index in [1.165, 1.54) is 34.1 Å². The van der Waals surface area contributed by atoms with E-state index in [0.29, 0.717) is 0 Å². The van der Waals surface area contributed by atoms with Gasteiger partial charge in [-0.05, 0) is 36.4 Å². The molecule has 1 N–H and O–H groups in total. The molecule has 0 bridgehead atoms. The Hall–Kier alpha value is -0.120. The molecule has 1 rings (SSSR count). The van der Waals surface area contributed by atoms with Gasteiger partial charge in [0.25, 0.3) is 0 Å². The molecule has 1 aromatic carbocycles. The average molecular weight is 269 g/mol. The van der Waals surface area contributed by atoms with E-state index >= 15 is 0 Å². The lowest BCUT2D eigenvalue weighted by atomic mass is 10.2. The van der Waals surface area contributed by atoms with E-state index in [9.17, 15) is 0 Å². The lowest BCUT2D eigenvalue weighted by molar-refractivity contribution is 0.674. The number of rotatable bonds is 9. The van der Waals surface area contributed by atoms with Crippen LogP contribution in [-0.4, -0.2) is 23.8 Å². The van der Waals surface area contributed by atoms with E-state index in [0.717, 1.165) is 13.1 Å². The summed E-state index contributed by atoms with van der Waals surface area (Å²) in [6.07, 6.45) is 1.20. The number of benzene rings is 1. The minimum absolute atomic E-state index is 0.992. The smallest absolute Gasteiger partial charge is 0.0205 e. The van der Waals surface area contributed by atoms with Crippen molar-refractivity contribution in [2.75, 3.05) is 23.8 Å². The van der Waals surface area contributed by atoms with Gasteiger partial charge in [0.05, 0.1) is 0 Å². The third kappa shape index (κ3) is 7.02. The molecule has 0 aliphatic carbocycles. The zero-order valence-electron chi connectivity index (χ0n) is 10.9. The van der Waals surface area contributed by atoms with Crippen molar-refractivity contribution in [2.24, 2.45) is 0 Å². The molecule has 96 valence electrons. The molecular weight excluding hydrogens is 246 g/mol. The Bertz CT molecular complexity index is 302. The Labute approximate surface area is 114 Å². The van der Waals surface area contributed by atoms with Crippen LogP contribution in [0, 0.1) is 0 Å². The maximum absolute atomic E-state index is 3.44. The molecule has 0 aliphatic rings. The standard InChI is InChI=1S/C14H23NS2/c1-3-8-15-12-13-6-5-7-14(11-13)17-10-9-16-4-2/h5-7,11,15H,3-4,8-10,12H2,1-2H3. The summed E-state index contributed by atoms with van der Waals surface area (Å²) in [6, 6.07) is 8.89. The number of thioether (sulfide) groups is 2. The van der Waals surface area contributed by atoms with Crippen LogP contribution in [0.1, 0.15) is 25.8 Å². The topological polar surface area (TPSA) is 12.0 Å². The van der Waals surface area contributed by atoms with Gasteiger partial charge in [-0.3, -0.25) is 0 Å². The van der Waals surface area contributed by atoms with Crippen molar-refractivity contribution in [3.8, 4) is 0 Å². The first-order chi connectivity index (χ1) is 8.36. The van der Waals surface area contributed by atoms with Gasteiger partial charge in [0, 0.05) is 22.9 Å². The Morgan fingerprint density at radius 3 is 2.82 bits per heavy atom. The SMILES string of the molecule is CCCNCc1cccc(SCCSCC)c1. The van der Waals surface area contributed by atoms with Gasteiger partial charge >= 0.3 is 0 Å². The van der Waals surface area contributed by atoms with E-state index in [-0.39, 0.29) is 0 Å². The van der Waals surface area contributed by atoms with Gasteiger partial charge in [-0.15, -0.1) is 11.8 Å². The van der Waals surface area contributed by atoms with Gasteiger partial charge in [0.1, 0.15) is 0 Å². The van der Waals surface area contributed by atoms with Crippen LogP contribution in [0.5, 0.6) is 0 Å². The van der Waals surface area contributed by atoms with Crippen LogP contribution in [-0.2, 0) is 6.54 Å². The van der Waals surface area contributed by atoms with Crippen molar-refractivity contribution in [2.45, 2.75) is 31.7 Å². The molecule has 0 radical (unpaired) electrons. The average Bonchev–Trinajstić information content (AvgIpc) is 2.36. The molecular formula is C14H23NS2. The Morgan fingerprint density at radius 2 is 2.06 bits per heavy atom. The molecule has 0 atom stereocenters. The van der Waals surface area contributed by atoms with E-state index in [2.05, 4.69) is 43.4 Å². The van der Waals surface area contributed by atoms with Crippen molar-refractivity contribution in [3.05, 3.63) is 29.8 Å². The van der Waals surface area contributed by atoms with Crippen LogP contribution >= 0.6 is 23.5 Å². The second kappa shape index (κ2) is 9.86. The predicted molar refractivity (Wildman–Crippen MR) is 82.2 cm³/mol. The van der Waals surface area contributed by atoms with Gasteiger partial charge in [0.15, 0.2) is 0 Å². The molecule has 0 amide bonds. The normalized spacial score (nSPS) is 10.7. The van der Waals surface area contributed by atoms with E-state index < -0.39 is 0 Å². The van der Waals surface area contributed by atoms with Crippen LogP contribution in [0.15, 0.2) is 29.2 Å². The minimum atomic E-state index is 0.992. The van der Waals surface area contributed by atoms with Gasteiger partial charge in [0.2, 0.25) is 0 Å². The summed E-state index contributed by atoms with van der Waals surface area (Å²) in [5.74, 6) is 3.69. The zero-order valence-corrected chi connectivity index (χ0v) is 12.5. The molecule has 0 heterocycles. The highest BCUT2D eigenvalue weighted by molar-refractivity contribution is 8.02. The molecule has 0 saturated carbocycles. The molecule has 17 heavy (non-hydrogen) atoms.